The Kier molecular flexibility index (Phi) is 18.2. The number of amides is 6. The van der Waals surface area contributed by atoms with Crippen LogP contribution in [0.3, 0.4) is 0 Å². The second-order valence-electron chi connectivity index (χ2n) is 18.9. The molecule has 1 saturated heterocycles. The molecule has 2 aromatic heterocycles. The number of fused-ring (bicyclic) bond motifs is 3. The normalized spacial score (nSPS) is 15.4. The van der Waals surface area contributed by atoms with Gasteiger partial charge in [0.25, 0.3) is 0 Å². The number of nitrogens with two attached hydrogens (primary N) is 1. The molecule has 65 heavy (non-hydrogen) atoms. The molecular weight excluding hydrogens is 839 g/mol. The van der Waals surface area contributed by atoms with E-state index < -0.39 is 77.3 Å². The average Bonchev–Trinajstić information content (AvgIpc) is 3.84. The number of likely N-dealkylation sites (N-methyl/N-ethyl adjacent to an activating group) is 3. The number of hydrogen-bond acceptors (Lipinski definition) is 13. The number of ether oxygens (including phenoxy) is 2. The summed E-state index contributed by atoms with van der Waals surface area (Å²) < 4.78 is 13.0. The summed E-state index contributed by atoms with van der Waals surface area (Å²) in [6, 6.07) is 4.04. The minimum absolute atomic E-state index is 0.0881. The van der Waals surface area contributed by atoms with Crippen LogP contribution in [0.15, 0.2) is 24.3 Å². The van der Waals surface area contributed by atoms with Crippen molar-refractivity contribution in [3.8, 4) is 0 Å². The zero-order valence-corrected chi connectivity index (χ0v) is 40.0. The Hall–Kier alpha value is -5.44. The van der Waals surface area contributed by atoms with E-state index in [1.807, 2.05) is 47.7 Å². The Morgan fingerprint density at radius 2 is 1.62 bits per heavy atom. The van der Waals surface area contributed by atoms with Crippen LogP contribution in [0.25, 0.3) is 21.9 Å². The molecule has 0 saturated carbocycles. The number of carbonyl (C=O) groups excluding carboxylic acids is 6. The van der Waals surface area contributed by atoms with Crippen LogP contribution in [0.4, 0.5) is 10.6 Å². The molecule has 1 aliphatic rings. The van der Waals surface area contributed by atoms with Gasteiger partial charge in [-0.25, -0.2) is 14.8 Å². The number of rotatable bonds is 22. The zero-order valence-electron chi connectivity index (χ0n) is 40.0. The number of para-hydroxylation sites is 1. The van der Waals surface area contributed by atoms with Crippen LogP contribution >= 0.6 is 0 Å². The molecule has 0 bridgehead atoms. The molecule has 0 aliphatic carbocycles. The second-order valence-corrected chi connectivity index (χ2v) is 18.9. The molecule has 360 valence electrons. The number of aromatic nitrogens is 3. The molecule has 6 N–H and O–H groups in total. The van der Waals surface area contributed by atoms with Gasteiger partial charge in [0.15, 0.2) is 5.82 Å². The van der Waals surface area contributed by atoms with Gasteiger partial charge in [0.2, 0.25) is 29.5 Å². The first-order valence-electron chi connectivity index (χ1n) is 22.3. The van der Waals surface area contributed by atoms with Gasteiger partial charge in [0.05, 0.1) is 36.1 Å². The van der Waals surface area contributed by atoms with Gasteiger partial charge in [-0.3, -0.25) is 28.9 Å². The molecule has 3 heterocycles. The van der Waals surface area contributed by atoms with E-state index in [-0.39, 0.29) is 32.1 Å². The van der Waals surface area contributed by atoms with Crippen LogP contribution in [0.1, 0.15) is 80.5 Å². The highest BCUT2D eigenvalue weighted by molar-refractivity contribution is 6.10. The predicted molar refractivity (Wildman–Crippen MR) is 246 cm³/mol. The molecular formula is C45H71N11O9. The minimum Gasteiger partial charge on any atom is -0.444 e. The van der Waals surface area contributed by atoms with Gasteiger partial charge in [0, 0.05) is 51.8 Å². The van der Waals surface area contributed by atoms with E-state index in [4.69, 9.17) is 25.2 Å². The van der Waals surface area contributed by atoms with Crippen LogP contribution in [0.2, 0.25) is 0 Å². The molecule has 20 nitrogen and oxygen atoms in total. The number of pyridine rings is 1. The monoisotopic (exact) mass is 910 g/mol. The van der Waals surface area contributed by atoms with Gasteiger partial charge in [-0.1, -0.05) is 32.0 Å². The molecule has 0 unspecified atom stereocenters. The van der Waals surface area contributed by atoms with Crippen LogP contribution < -0.4 is 21.7 Å². The highest BCUT2D eigenvalue weighted by atomic mass is 16.6. The standard InChI is InChI=1S/C45H71N11O9/c1-12-64-26-34-49-37-38(56(34)27-45(7,8)63)29-16-13-14-17-30(29)48-39(37)51-41(60)36(28(2)3)50-40(59)32-18-15-19-55(32)42(61)31(24-33(46)57)47-35(58)25-53(10)21-20-52(9)22-23-54(11)43(62)65-44(4,5)6/h13-14,16-17,28,31-32,36,63H,12,15,18-27H2,1-11H3,(H2,46,57)(H,47,58)(H,50,59)(H,48,51,60)/t31-,32-,36-/m0/s1. The smallest absolute Gasteiger partial charge is 0.410 e. The SMILES string of the molecule is CCOCc1nc2c(NC(=O)[C@@H](NC(=O)[C@@H]3CCCN3C(=O)[C@H](CC(N)=O)NC(=O)CN(C)CCN(C)CCN(C)C(=O)OC(C)(C)C)C(C)C)nc3ccccc3c2n1CC(C)(C)O. The van der Waals surface area contributed by atoms with Gasteiger partial charge in [-0.2, -0.15) is 0 Å². The molecule has 20 heteroatoms. The number of carbonyl (C=O) groups is 6. The first kappa shape index (κ1) is 52.2. The number of anilines is 1. The lowest BCUT2D eigenvalue weighted by molar-refractivity contribution is -0.143. The van der Waals surface area contributed by atoms with Gasteiger partial charge < -0.3 is 55.5 Å². The van der Waals surface area contributed by atoms with Crippen molar-refractivity contribution in [2.45, 2.75) is 117 Å². The summed E-state index contributed by atoms with van der Waals surface area (Å²) in [5, 5.41) is 20.1. The number of imidazole rings is 1. The van der Waals surface area contributed by atoms with Crippen LogP contribution in [0.5, 0.6) is 0 Å². The number of likely N-dealkylation sites (tertiary alicyclic amines) is 1. The summed E-state index contributed by atoms with van der Waals surface area (Å²) in [6.07, 6.45) is -0.129. The van der Waals surface area contributed by atoms with Gasteiger partial charge in [-0.05, 0) is 80.5 Å². The summed E-state index contributed by atoms with van der Waals surface area (Å²) >= 11 is 0. The molecule has 0 radical (unpaired) electrons. The first-order valence-corrected chi connectivity index (χ1v) is 22.3. The van der Waals surface area contributed by atoms with Gasteiger partial charge in [0.1, 0.15) is 41.7 Å². The molecule has 3 atom stereocenters. The lowest BCUT2D eigenvalue weighted by Gasteiger charge is -2.30. The summed E-state index contributed by atoms with van der Waals surface area (Å²) in [5.74, 6) is -2.78. The maximum atomic E-state index is 14.2. The van der Waals surface area contributed by atoms with Crippen molar-refractivity contribution in [2.24, 2.45) is 11.7 Å². The Balaban J connectivity index is 1.44. The Morgan fingerprint density at radius 1 is 0.954 bits per heavy atom. The third kappa shape index (κ3) is 15.1. The van der Waals surface area contributed by atoms with Crippen LogP contribution in [-0.2, 0) is 46.6 Å². The van der Waals surface area contributed by atoms with Crippen LogP contribution in [0, 0.1) is 5.92 Å². The van der Waals surface area contributed by atoms with E-state index in [0.717, 1.165) is 5.39 Å². The Labute approximate surface area is 381 Å². The van der Waals surface area contributed by atoms with Crippen molar-refractivity contribution < 1.29 is 43.3 Å². The van der Waals surface area contributed by atoms with Crippen molar-refractivity contribution in [2.75, 3.05) is 72.3 Å². The van der Waals surface area contributed by atoms with Crippen molar-refractivity contribution in [3.63, 3.8) is 0 Å². The first-order chi connectivity index (χ1) is 30.4. The third-order valence-corrected chi connectivity index (χ3v) is 10.8. The van der Waals surface area contributed by atoms with E-state index in [1.54, 1.807) is 67.5 Å². The summed E-state index contributed by atoms with van der Waals surface area (Å²) in [7, 11) is 5.31. The topological polar surface area (TPSA) is 247 Å². The number of nitrogens with zero attached hydrogens (tertiary/aromatic N) is 7. The molecule has 1 fully saturated rings. The van der Waals surface area contributed by atoms with E-state index in [1.165, 1.54) is 9.80 Å². The quantitative estimate of drug-likeness (QED) is 0.0971. The molecule has 1 aliphatic heterocycles. The van der Waals surface area contributed by atoms with Gasteiger partial charge in [-0.15, -0.1) is 0 Å². The molecule has 0 spiro atoms. The van der Waals surface area contributed by atoms with E-state index in [9.17, 15) is 33.9 Å². The van der Waals surface area contributed by atoms with E-state index >= 15 is 0 Å². The van der Waals surface area contributed by atoms with Crippen molar-refractivity contribution >= 4 is 63.4 Å². The van der Waals surface area contributed by atoms with Crippen molar-refractivity contribution in [3.05, 3.63) is 30.1 Å². The zero-order chi connectivity index (χ0) is 48.4. The lowest BCUT2D eigenvalue weighted by atomic mass is 10.0. The summed E-state index contributed by atoms with van der Waals surface area (Å²) in [4.78, 5) is 96.2. The average molecular weight is 910 g/mol. The maximum absolute atomic E-state index is 14.2. The fourth-order valence-electron chi connectivity index (χ4n) is 7.48. The fraction of sp³-hybridized carbons (Fsp3) is 0.644. The highest BCUT2D eigenvalue weighted by Gasteiger charge is 2.40. The van der Waals surface area contributed by atoms with E-state index in [2.05, 4.69) is 16.0 Å². The van der Waals surface area contributed by atoms with Gasteiger partial charge >= 0.3 is 6.09 Å². The predicted octanol–water partition coefficient (Wildman–Crippen LogP) is 2.05. The number of nitrogens with one attached hydrogen (secondary N) is 3. The number of aliphatic hydroxyl groups is 1. The Bertz CT molecular complexity index is 2160. The number of hydrogen-bond donors (Lipinski definition) is 5. The largest absolute Gasteiger partial charge is 0.444 e. The molecule has 4 rings (SSSR count). The van der Waals surface area contributed by atoms with Crippen molar-refractivity contribution in [1.82, 2.24) is 44.8 Å². The maximum Gasteiger partial charge on any atom is 0.410 e. The van der Waals surface area contributed by atoms with Crippen molar-refractivity contribution in [1.29, 1.82) is 0 Å². The second kappa shape index (κ2) is 22.6. The molecule has 6 amide bonds. The molecule has 3 aromatic rings. The fourth-order valence-corrected chi connectivity index (χ4v) is 7.48. The summed E-state index contributed by atoms with van der Waals surface area (Å²) in [6.45, 7) is 17.2. The van der Waals surface area contributed by atoms with Crippen LogP contribution in [-0.4, -0.2) is 171 Å². The number of primary amides is 1. The van der Waals surface area contributed by atoms with E-state index in [0.29, 0.717) is 68.0 Å². The summed E-state index contributed by atoms with van der Waals surface area (Å²) in [5.41, 5.74) is 5.45. The lowest BCUT2D eigenvalue weighted by Crippen LogP contribution is -2.57. The third-order valence-electron chi connectivity index (χ3n) is 10.8. The molecule has 1 aromatic carbocycles. The Morgan fingerprint density at radius 3 is 2.25 bits per heavy atom. The highest BCUT2D eigenvalue weighted by Crippen LogP contribution is 2.32. The number of benzene rings is 1. The minimum atomic E-state index is -1.32.